The van der Waals surface area contributed by atoms with Gasteiger partial charge in [-0.05, 0) is 35.6 Å². The van der Waals surface area contributed by atoms with Crippen LogP contribution in [0.15, 0.2) is 23.3 Å². The third kappa shape index (κ3) is 3.38. The van der Waals surface area contributed by atoms with Gasteiger partial charge in [-0.25, -0.2) is 10.2 Å². The minimum Gasteiger partial charge on any atom is -0.350 e. The van der Waals surface area contributed by atoms with Crippen LogP contribution in [0.4, 0.5) is 4.79 Å². The molecule has 0 aliphatic heterocycles. The van der Waals surface area contributed by atoms with Gasteiger partial charge in [-0.3, -0.25) is 0 Å². The number of amides is 2. The minimum atomic E-state index is -0.658. The highest BCUT2D eigenvalue weighted by atomic mass is 16.2. The Labute approximate surface area is 95.5 Å². The van der Waals surface area contributed by atoms with Gasteiger partial charge in [-0.15, -0.1) is 0 Å². The van der Waals surface area contributed by atoms with Crippen LogP contribution in [0.25, 0.3) is 0 Å². The van der Waals surface area contributed by atoms with E-state index < -0.39 is 6.03 Å². The third-order valence-corrected chi connectivity index (χ3v) is 2.35. The SMILES string of the molecule is Cc1ccc(C(C)C)cc1C=NNC(N)=O. The molecule has 16 heavy (non-hydrogen) atoms. The van der Waals surface area contributed by atoms with Crippen molar-refractivity contribution in [2.45, 2.75) is 26.7 Å². The monoisotopic (exact) mass is 219 g/mol. The van der Waals surface area contributed by atoms with Crippen molar-refractivity contribution >= 4 is 12.2 Å². The Balaban J connectivity index is 2.90. The number of rotatable bonds is 3. The summed E-state index contributed by atoms with van der Waals surface area (Å²) >= 11 is 0. The highest BCUT2D eigenvalue weighted by Gasteiger charge is 2.01. The Bertz CT molecular complexity index is 411. The number of primary amides is 1. The smallest absolute Gasteiger partial charge is 0.332 e. The Morgan fingerprint density at radius 2 is 2.19 bits per heavy atom. The molecule has 3 N–H and O–H groups in total. The summed E-state index contributed by atoms with van der Waals surface area (Å²) in [5.41, 5.74) is 10.4. The minimum absolute atomic E-state index is 0.469. The molecule has 0 saturated carbocycles. The third-order valence-electron chi connectivity index (χ3n) is 2.35. The highest BCUT2D eigenvalue weighted by molar-refractivity contribution is 5.83. The number of aryl methyl sites for hydroxylation is 1. The second-order valence-electron chi connectivity index (χ2n) is 4.00. The quantitative estimate of drug-likeness (QED) is 0.593. The standard InChI is InChI=1S/C12H17N3O/c1-8(2)10-5-4-9(3)11(6-10)7-14-15-12(13)16/h4-8H,1-3H3,(H3,13,15,16). The average molecular weight is 219 g/mol. The maximum atomic E-state index is 10.4. The molecule has 0 bridgehead atoms. The molecule has 0 saturated heterocycles. The topological polar surface area (TPSA) is 67.5 Å². The summed E-state index contributed by atoms with van der Waals surface area (Å²) in [6.07, 6.45) is 1.60. The zero-order valence-electron chi connectivity index (χ0n) is 9.82. The number of carbonyl (C=O) groups excluding carboxylic acids is 1. The van der Waals surface area contributed by atoms with Gasteiger partial charge in [0.15, 0.2) is 0 Å². The van der Waals surface area contributed by atoms with Gasteiger partial charge in [-0.1, -0.05) is 26.0 Å². The molecule has 0 fully saturated rings. The van der Waals surface area contributed by atoms with E-state index in [1.54, 1.807) is 6.21 Å². The van der Waals surface area contributed by atoms with E-state index >= 15 is 0 Å². The largest absolute Gasteiger partial charge is 0.350 e. The van der Waals surface area contributed by atoms with Gasteiger partial charge in [-0.2, -0.15) is 5.10 Å². The van der Waals surface area contributed by atoms with E-state index in [0.717, 1.165) is 11.1 Å². The summed E-state index contributed by atoms with van der Waals surface area (Å²) < 4.78 is 0. The van der Waals surface area contributed by atoms with Crippen molar-refractivity contribution in [3.63, 3.8) is 0 Å². The van der Waals surface area contributed by atoms with Crippen LogP contribution in [-0.2, 0) is 0 Å². The lowest BCUT2D eigenvalue weighted by Crippen LogP contribution is -2.24. The van der Waals surface area contributed by atoms with Gasteiger partial charge in [0, 0.05) is 0 Å². The molecule has 0 heterocycles. The molecule has 0 unspecified atom stereocenters. The average Bonchev–Trinajstić information content (AvgIpc) is 2.20. The number of urea groups is 1. The van der Waals surface area contributed by atoms with E-state index in [4.69, 9.17) is 5.73 Å². The number of hydrogen-bond acceptors (Lipinski definition) is 2. The van der Waals surface area contributed by atoms with Crippen LogP contribution in [0.2, 0.25) is 0 Å². The van der Waals surface area contributed by atoms with Crippen LogP contribution in [0, 0.1) is 6.92 Å². The molecule has 0 atom stereocenters. The fourth-order valence-electron chi connectivity index (χ4n) is 1.32. The van der Waals surface area contributed by atoms with Gasteiger partial charge < -0.3 is 5.73 Å². The van der Waals surface area contributed by atoms with E-state index in [1.807, 2.05) is 13.0 Å². The van der Waals surface area contributed by atoms with E-state index in [-0.39, 0.29) is 0 Å². The van der Waals surface area contributed by atoms with Crippen molar-refractivity contribution in [2.75, 3.05) is 0 Å². The lowest BCUT2D eigenvalue weighted by atomic mass is 9.98. The zero-order valence-corrected chi connectivity index (χ0v) is 9.82. The van der Waals surface area contributed by atoms with Gasteiger partial charge in [0.2, 0.25) is 0 Å². The first-order valence-corrected chi connectivity index (χ1v) is 5.19. The number of nitrogens with two attached hydrogens (primary N) is 1. The molecule has 4 heteroatoms. The van der Waals surface area contributed by atoms with E-state index in [9.17, 15) is 4.79 Å². The van der Waals surface area contributed by atoms with E-state index in [0.29, 0.717) is 5.92 Å². The van der Waals surface area contributed by atoms with Crippen molar-refractivity contribution in [1.82, 2.24) is 5.43 Å². The summed E-state index contributed by atoms with van der Waals surface area (Å²) in [6.45, 7) is 6.26. The van der Waals surface area contributed by atoms with Crippen molar-refractivity contribution < 1.29 is 4.79 Å². The van der Waals surface area contributed by atoms with Gasteiger partial charge in [0.25, 0.3) is 0 Å². The van der Waals surface area contributed by atoms with Crippen LogP contribution in [-0.4, -0.2) is 12.2 Å². The number of nitrogens with one attached hydrogen (secondary N) is 1. The zero-order chi connectivity index (χ0) is 12.1. The van der Waals surface area contributed by atoms with Crippen molar-refractivity contribution in [3.8, 4) is 0 Å². The number of carbonyl (C=O) groups is 1. The maximum Gasteiger partial charge on any atom is 0.332 e. The molecule has 1 rings (SSSR count). The Kier molecular flexibility index (Phi) is 4.05. The lowest BCUT2D eigenvalue weighted by molar-refractivity contribution is 0.249. The molecule has 0 radical (unpaired) electrons. The molecule has 0 aliphatic carbocycles. The maximum absolute atomic E-state index is 10.4. The van der Waals surface area contributed by atoms with Gasteiger partial charge in [0.1, 0.15) is 0 Å². The summed E-state index contributed by atoms with van der Waals surface area (Å²) in [5.74, 6) is 0.469. The van der Waals surface area contributed by atoms with Crippen molar-refractivity contribution in [3.05, 3.63) is 34.9 Å². The van der Waals surface area contributed by atoms with Crippen LogP contribution in [0.1, 0.15) is 36.5 Å². The number of benzene rings is 1. The van der Waals surface area contributed by atoms with Crippen LogP contribution in [0.3, 0.4) is 0 Å². The lowest BCUT2D eigenvalue weighted by Gasteiger charge is -2.08. The fourth-order valence-corrected chi connectivity index (χ4v) is 1.32. The van der Waals surface area contributed by atoms with E-state index in [1.165, 1.54) is 5.56 Å². The molecule has 0 aromatic heterocycles. The molecule has 0 spiro atoms. The molecule has 4 nitrogen and oxygen atoms in total. The molecular formula is C12H17N3O. The predicted molar refractivity (Wildman–Crippen MR) is 65.6 cm³/mol. The van der Waals surface area contributed by atoms with Gasteiger partial charge >= 0.3 is 6.03 Å². The first kappa shape index (κ1) is 12.2. The highest BCUT2D eigenvalue weighted by Crippen LogP contribution is 2.17. The molecule has 1 aromatic rings. The summed E-state index contributed by atoms with van der Waals surface area (Å²) in [5, 5.41) is 3.75. The van der Waals surface area contributed by atoms with Crippen LogP contribution >= 0.6 is 0 Å². The van der Waals surface area contributed by atoms with Crippen molar-refractivity contribution in [1.29, 1.82) is 0 Å². The molecule has 0 aliphatic rings. The molecule has 86 valence electrons. The summed E-state index contributed by atoms with van der Waals surface area (Å²) in [7, 11) is 0. The van der Waals surface area contributed by atoms with Crippen LogP contribution in [0.5, 0.6) is 0 Å². The second kappa shape index (κ2) is 5.30. The molecule has 2 amide bonds. The van der Waals surface area contributed by atoms with Crippen molar-refractivity contribution in [2.24, 2.45) is 10.8 Å². The van der Waals surface area contributed by atoms with Crippen LogP contribution < -0.4 is 11.2 Å². The summed E-state index contributed by atoms with van der Waals surface area (Å²) in [4.78, 5) is 10.4. The van der Waals surface area contributed by atoms with Gasteiger partial charge in [0.05, 0.1) is 6.21 Å². The number of hydrazone groups is 1. The van der Waals surface area contributed by atoms with E-state index in [2.05, 4.69) is 36.5 Å². The summed E-state index contributed by atoms with van der Waals surface area (Å²) in [6, 6.07) is 5.54. The number of hydrogen-bond donors (Lipinski definition) is 2. The Morgan fingerprint density at radius 3 is 2.75 bits per heavy atom. The first-order valence-electron chi connectivity index (χ1n) is 5.19. The molecule has 1 aromatic carbocycles. The Morgan fingerprint density at radius 1 is 1.50 bits per heavy atom. The number of nitrogens with zero attached hydrogens (tertiary/aromatic N) is 1. The predicted octanol–water partition coefficient (Wildman–Crippen LogP) is 2.12. The first-order chi connectivity index (χ1) is 7.50. The Hall–Kier alpha value is -1.84. The second-order valence-corrected chi connectivity index (χ2v) is 4.00. The fraction of sp³-hybridized carbons (Fsp3) is 0.333. The normalized spacial score (nSPS) is 11.0. The molecular weight excluding hydrogens is 202 g/mol.